The molecule has 0 radical (unpaired) electrons. The van der Waals surface area contributed by atoms with E-state index >= 15 is 0 Å². The third-order valence-electron chi connectivity index (χ3n) is 2.80. The first kappa shape index (κ1) is 11.1. The first-order valence-corrected chi connectivity index (χ1v) is 5.48. The lowest BCUT2D eigenvalue weighted by Crippen LogP contribution is -2.20. The summed E-state index contributed by atoms with van der Waals surface area (Å²) in [5, 5.41) is 4.00. The first-order chi connectivity index (χ1) is 7.63. The van der Waals surface area contributed by atoms with Gasteiger partial charge < -0.3 is 9.73 Å². The van der Waals surface area contributed by atoms with Gasteiger partial charge in [-0.15, -0.1) is 0 Å². The maximum absolute atomic E-state index is 13.5. The first-order valence-electron chi connectivity index (χ1n) is 5.48. The molecule has 1 aromatic heterocycles. The predicted molar refractivity (Wildman–Crippen MR) is 62.8 cm³/mol. The number of hydrogen-bond donors (Lipinski definition) is 1. The van der Waals surface area contributed by atoms with Gasteiger partial charge in [0.1, 0.15) is 5.76 Å². The maximum atomic E-state index is 13.5. The summed E-state index contributed by atoms with van der Waals surface area (Å²) in [5.41, 5.74) is 0.346. The molecule has 16 heavy (non-hydrogen) atoms. The second kappa shape index (κ2) is 4.26. The maximum Gasteiger partial charge on any atom is 0.169 e. The quantitative estimate of drug-likeness (QED) is 0.858. The second-order valence-corrected chi connectivity index (χ2v) is 4.32. The molecule has 1 aromatic carbocycles. The molecule has 0 spiro atoms. The van der Waals surface area contributed by atoms with E-state index in [0.717, 1.165) is 11.1 Å². The summed E-state index contributed by atoms with van der Waals surface area (Å²) in [6, 6.07) is 6.99. The van der Waals surface area contributed by atoms with Crippen LogP contribution in [0.4, 0.5) is 4.39 Å². The normalized spacial score (nSPS) is 13.6. The summed E-state index contributed by atoms with van der Waals surface area (Å²) in [5.74, 6) is 0.883. The molecule has 2 rings (SSSR count). The fraction of sp³-hybridized carbons (Fsp3) is 0.385. The summed E-state index contributed by atoms with van der Waals surface area (Å²) in [6.45, 7) is 4.20. The minimum atomic E-state index is -0.303. The number of rotatable bonds is 3. The monoisotopic (exact) mass is 221 g/mol. The highest BCUT2D eigenvalue weighted by Crippen LogP contribution is 2.29. The Morgan fingerprint density at radius 3 is 2.62 bits per heavy atom. The molecule has 0 bridgehead atoms. The van der Waals surface area contributed by atoms with Gasteiger partial charge in [-0.05, 0) is 25.1 Å². The average molecular weight is 221 g/mol. The Morgan fingerprint density at radius 2 is 2.06 bits per heavy atom. The zero-order valence-corrected chi connectivity index (χ0v) is 9.75. The molecule has 0 saturated heterocycles. The van der Waals surface area contributed by atoms with Gasteiger partial charge in [-0.1, -0.05) is 26.0 Å². The van der Waals surface area contributed by atoms with Crippen LogP contribution in [-0.2, 0) is 0 Å². The second-order valence-electron chi connectivity index (χ2n) is 4.32. The van der Waals surface area contributed by atoms with E-state index in [9.17, 15) is 4.39 Å². The van der Waals surface area contributed by atoms with E-state index in [2.05, 4.69) is 19.2 Å². The minimum absolute atomic E-state index is 0.117. The smallest absolute Gasteiger partial charge is 0.169 e. The Bertz CT molecular complexity index is 490. The van der Waals surface area contributed by atoms with Crippen molar-refractivity contribution in [2.45, 2.75) is 19.9 Å². The van der Waals surface area contributed by atoms with Crippen LogP contribution in [0.2, 0.25) is 0 Å². The number of nitrogens with one attached hydrogen (secondary N) is 1. The van der Waals surface area contributed by atoms with Gasteiger partial charge in [0.15, 0.2) is 11.4 Å². The zero-order chi connectivity index (χ0) is 11.7. The van der Waals surface area contributed by atoms with Gasteiger partial charge in [0.05, 0.1) is 6.04 Å². The van der Waals surface area contributed by atoms with Crippen molar-refractivity contribution in [3.63, 3.8) is 0 Å². The molecule has 0 aliphatic rings. The number of halogens is 1. The van der Waals surface area contributed by atoms with Crippen LogP contribution in [0.3, 0.4) is 0 Å². The van der Waals surface area contributed by atoms with E-state index in [1.807, 2.05) is 19.2 Å². The zero-order valence-electron chi connectivity index (χ0n) is 9.75. The molecular formula is C13H16FNO. The van der Waals surface area contributed by atoms with Crippen LogP contribution < -0.4 is 5.32 Å². The van der Waals surface area contributed by atoms with Crippen molar-refractivity contribution in [3.8, 4) is 0 Å². The molecule has 86 valence electrons. The number of hydrogen-bond acceptors (Lipinski definition) is 2. The lowest BCUT2D eigenvalue weighted by Gasteiger charge is -2.16. The summed E-state index contributed by atoms with van der Waals surface area (Å²) >= 11 is 0. The molecule has 1 N–H and O–H groups in total. The van der Waals surface area contributed by atoms with Crippen LogP contribution in [0.1, 0.15) is 25.6 Å². The molecule has 2 nitrogen and oxygen atoms in total. The lowest BCUT2D eigenvalue weighted by atomic mass is 10.0. The van der Waals surface area contributed by atoms with E-state index in [0.29, 0.717) is 11.5 Å². The molecule has 1 heterocycles. The fourth-order valence-corrected chi connectivity index (χ4v) is 2.00. The van der Waals surface area contributed by atoms with Crippen molar-refractivity contribution in [1.29, 1.82) is 0 Å². The fourth-order valence-electron chi connectivity index (χ4n) is 2.00. The Balaban J connectivity index is 2.50. The van der Waals surface area contributed by atoms with Crippen molar-refractivity contribution in [2.75, 3.05) is 7.05 Å². The number of benzene rings is 1. The highest BCUT2D eigenvalue weighted by atomic mass is 19.1. The molecule has 2 aromatic rings. The van der Waals surface area contributed by atoms with E-state index in [1.165, 1.54) is 6.07 Å². The molecule has 3 heteroatoms. The summed E-state index contributed by atoms with van der Waals surface area (Å²) in [7, 11) is 1.88. The average Bonchev–Trinajstić information content (AvgIpc) is 2.63. The summed E-state index contributed by atoms with van der Waals surface area (Å²) < 4.78 is 19.0. The molecular weight excluding hydrogens is 205 g/mol. The van der Waals surface area contributed by atoms with Crippen molar-refractivity contribution in [2.24, 2.45) is 5.92 Å². The third-order valence-corrected chi connectivity index (χ3v) is 2.80. The third kappa shape index (κ3) is 1.83. The van der Waals surface area contributed by atoms with Crippen molar-refractivity contribution < 1.29 is 8.81 Å². The number of para-hydroxylation sites is 1. The topological polar surface area (TPSA) is 25.2 Å². The Hall–Kier alpha value is -1.35. The van der Waals surface area contributed by atoms with Gasteiger partial charge in [0.2, 0.25) is 0 Å². The van der Waals surface area contributed by atoms with Crippen molar-refractivity contribution in [3.05, 3.63) is 35.8 Å². The molecule has 0 aliphatic carbocycles. The summed E-state index contributed by atoms with van der Waals surface area (Å²) in [6.07, 6.45) is 0. The molecule has 0 saturated carbocycles. The van der Waals surface area contributed by atoms with Gasteiger partial charge in [0.25, 0.3) is 0 Å². The van der Waals surface area contributed by atoms with Crippen molar-refractivity contribution >= 4 is 11.0 Å². The Labute approximate surface area is 94.4 Å². The number of fused-ring (bicyclic) bond motifs is 1. The van der Waals surface area contributed by atoms with Gasteiger partial charge >= 0.3 is 0 Å². The summed E-state index contributed by atoms with van der Waals surface area (Å²) in [4.78, 5) is 0. The van der Waals surface area contributed by atoms with Gasteiger partial charge in [-0.3, -0.25) is 0 Å². The van der Waals surface area contributed by atoms with Gasteiger partial charge in [-0.25, -0.2) is 4.39 Å². The van der Waals surface area contributed by atoms with Crippen LogP contribution in [-0.4, -0.2) is 7.05 Å². The van der Waals surface area contributed by atoms with Crippen LogP contribution >= 0.6 is 0 Å². The Morgan fingerprint density at radius 1 is 1.31 bits per heavy atom. The highest BCUT2D eigenvalue weighted by molar-refractivity contribution is 5.78. The van der Waals surface area contributed by atoms with E-state index < -0.39 is 0 Å². The lowest BCUT2D eigenvalue weighted by molar-refractivity contribution is 0.368. The molecule has 0 aliphatic heterocycles. The largest absolute Gasteiger partial charge is 0.456 e. The van der Waals surface area contributed by atoms with Crippen molar-refractivity contribution in [1.82, 2.24) is 5.32 Å². The van der Waals surface area contributed by atoms with Crippen LogP contribution in [0.25, 0.3) is 11.0 Å². The van der Waals surface area contributed by atoms with Gasteiger partial charge in [0, 0.05) is 5.39 Å². The van der Waals surface area contributed by atoms with Crippen LogP contribution in [0.5, 0.6) is 0 Å². The van der Waals surface area contributed by atoms with Crippen LogP contribution in [0, 0.1) is 11.7 Å². The standard InChI is InChI=1S/C13H16FNO/c1-8(2)12(15-3)11-7-9-5-4-6-10(14)13(9)16-11/h4-8,12,15H,1-3H3. The minimum Gasteiger partial charge on any atom is -0.456 e. The molecule has 0 amide bonds. The van der Waals surface area contributed by atoms with E-state index in [1.54, 1.807) is 6.07 Å². The van der Waals surface area contributed by atoms with Gasteiger partial charge in [-0.2, -0.15) is 0 Å². The molecule has 1 unspecified atom stereocenters. The SMILES string of the molecule is CNC(c1cc2cccc(F)c2o1)C(C)C. The number of furan rings is 1. The Kier molecular flexibility index (Phi) is 2.97. The molecule has 0 fully saturated rings. The van der Waals surface area contributed by atoms with Crippen LogP contribution in [0.15, 0.2) is 28.7 Å². The van der Waals surface area contributed by atoms with E-state index in [-0.39, 0.29) is 11.9 Å². The molecule has 1 atom stereocenters. The predicted octanol–water partition coefficient (Wildman–Crippen LogP) is 3.49. The highest BCUT2D eigenvalue weighted by Gasteiger charge is 2.18. The van der Waals surface area contributed by atoms with E-state index in [4.69, 9.17) is 4.42 Å².